The van der Waals surface area contributed by atoms with Gasteiger partial charge < -0.3 is 9.72 Å². The van der Waals surface area contributed by atoms with Crippen LogP contribution in [-0.2, 0) is 17.6 Å². The number of ether oxygens (including phenoxy) is 1. The van der Waals surface area contributed by atoms with Gasteiger partial charge in [-0.2, -0.15) is 5.10 Å². The molecule has 0 aliphatic heterocycles. The highest BCUT2D eigenvalue weighted by Gasteiger charge is 2.28. The summed E-state index contributed by atoms with van der Waals surface area (Å²) in [5, 5.41) is 8.35. The van der Waals surface area contributed by atoms with Crippen molar-refractivity contribution in [3.8, 4) is 11.4 Å². The molecule has 2 aromatic heterocycles. The highest BCUT2D eigenvalue weighted by atomic mass is 16.5. The maximum atomic E-state index is 11.7. The average molecular weight is 267 g/mol. The van der Waals surface area contributed by atoms with Crippen LogP contribution < -0.4 is 0 Å². The van der Waals surface area contributed by atoms with Gasteiger partial charge in [-0.1, -0.05) is 18.2 Å². The van der Waals surface area contributed by atoms with Crippen LogP contribution in [0.5, 0.6) is 0 Å². The minimum atomic E-state index is -0.363. The third-order valence-corrected chi connectivity index (χ3v) is 3.93. The van der Waals surface area contributed by atoms with Crippen LogP contribution in [0.15, 0.2) is 24.3 Å². The Balaban J connectivity index is 1.96. The summed E-state index contributed by atoms with van der Waals surface area (Å²) in [6, 6.07) is 8.22. The minimum Gasteiger partial charge on any atom is -0.464 e. The number of aromatic nitrogens is 3. The highest BCUT2D eigenvalue weighted by Crippen LogP contribution is 2.37. The zero-order valence-electron chi connectivity index (χ0n) is 11.0. The number of benzene rings is 1. The number of aromatic amines is 2. The molecule has 1 aromatic carbocycles. The van der Waals surface area contributed by atoms with Gasteiger partial charge in [0.25, 0.3) is 0 Å². The number of hydrogen-bond acceptors (Lipinski definition) is 3. The number of fused-ring (bicyclic) bond motifs is 5. The van der Waals surface area contributed by atoms with Gasteiger partial charge in [0.15, 0.2) is 0 Å². The lowest BCUT2D eigenvalue weighted by molar-refractivity contribution is 0.0592. The van der Waals surface area contributed by atoms with E-state index in [2.05, 4.69) is 27.3 Å². The molecule has 3 aromatic rings. The molecule has 0 amide bonds. The summed E-state index contributed by atoms with van der Waals surface area (Å²) in [4.78, 5) is 15.1. The SMILES string of the molecule is COC(=O)c1[nH]nc2c1CCc1c-2[nH]c2ccccc12. The number of nitrogens with one attached hydrogen (secondary N) is 2. The van der Waals surface area contributed by atoms with Gasteiger partial charge in [-0.05, 0) is 24.5 Å². The van der Waals surface area contributed by atoms with Crippen molar-refractivity contribution < 1.29 is 9.53 Å². The first kappa shape index (κ1) is 11.3. The van der Waals surface area contributed by atoms with Gasteiger partial charge in [0.1, 0.15) is 11.4 Å². The number of para-hydroxylation sites is 1. The Hall–Kier alpha value is -2.56. The Morgan fingerprint density at radius 2 is 2.05 bits per heavy atom. The van der Waals surface area contributed by atoms with Crippen molar-refractivity contribution in [3.05, 3.63) is 41.1 Å². The molecule has 0 bridgehead atoms. The number of methoxy groups -OCH3 is 1. The fourth-order valence-corrected chi connectivity index (χ4v) is 3.00. The van der Waals surface area contributed by atoms with E-state index >= 15 is 0 Å². The van der Waals surface area contributed by atoms with Gasteiger partial charge in [-0.15, -0.1) is 0 Å². The molecule has 5 nitrogen and oxygen atoms in total. The van der Waals surface area contributed by atoms with Crippen LogP contribution in [0.4, 0.5) is 0 Å². The third kappa shape index (κ3) is 1.37. The first-order chi connectivity index (χ1) is 9.79. The molecular formula is C15H13N3O2. The molecule has 0 atom stereocenters. The molecule has 2 N–H and O–H groups in total. The van der Waals surface area contributed by atoms with Crippen LogP contribution in [0.2, 0.25) is 0 Å². The number of esters is 1. The zero-order chi connectivity index (χ0) is 13.7. The Bertz CT molecular complexity index is 829. The maximum absolute atomic E-state index is 11.7. The Labute approximate surface area is 115 Å². The Kier molecular flexibility index (Phi) is 2.24. The molecule has 100 valence electrons. The smallest absolute Gasteiger partial charge is 0.356 e. The lowest BCUT2D eigenvalue weighted by atomic mass is 9.92. The van der Waals surface area contributed by atoms with Crippen LogP contribution in [0.3, 0.4) is 0 Å². The average Bonchev–Trinajstić information content (AvgIpc) is 3.07. The molecular weight excluding hydrogens is 254 g/mol. The van der Waals surface area contributed by atoms with Gasteiger partial charge in [0.05, 0.1) is 12.8 Å². The number of rotatable bonds is 1. The van der Waals surface area contributed by atoms with E-state index in [4.69, 9.17) is 4.74 Å². The maximum Gasteiger partial charge on any atom is 0.356 e. The fourth-order valence-electron chi connectivity index (χ4n) is 3.00. The summed E-state index contributed by atoms with van der Waals surface area (Å²) in [6.07, 6.45) is 1.70. The van der Waals surface area contributed by atoms with E-state index in [0.29, 0.717) is 5.69 Å². The third-order valence-electron chi connectivity index (χ3n) is 3.93. The molecule has 0 radical (unpaired) electrons. The van der Waals surface area contributed by atoms with Crippen LogP contribution in [0.25, 0.3) is 22.3 Å². The molecule has 0 saturated heterocycles. The lowest BCUT2D eigenvalue weighted by Crippen LogP contribution is -2.08. The Morgan fingerprint density at radius 3 is 2.90 bits per heavy atom. The van der Waals surface area contributed by atoms with Crippen LogP contribution in [-0.4, -0.2) is 28.3 Å². The summed E-state index contributed by atoms with van der Waals surface area (Å²) >= 11 is 0. The van der Waals surface area contributed by atoms with Gasteiger partial charge in [0, 0.05) is 16.5 Å². The number of H-pyrrole nitrogens is 2. The molecule has 0 saturated carbocycles. The van der Waals surface area contributed by atoms with Crippen LogP contribution in [0, 0.1) is 0 Å². The van der Waals surface area contributed by atoms with Crippen LogP contribution in [0.1, 0.15) is 21.6 Å². The second-order valence-corrected chi connectivity index (χ2v) is 4.94. The van der Waals surface area contributed by atoms with E-state index in [1.807, 2.05) is 12.1 Å². The number of carbonyl (C=O) groups excluding carboxylic acids is 1. The van der Waals surface area contributed by atoms with E-state index in [-0.39, 0.29) is 5.97 Å². The van der Waals surface area contributed by atoms with Crippen LogP contribution >= 0.6 is 0 Å². The van der Waals surface area contributed by atoms with Gasteiger partial charge in [-0.25, -0.2) is 4.79 Å². The van der Waals surface area contributed by atoms with E-state index in [9.17, 15) is 4.79 Å². The summed E-state index contributed by atoms with van der Waals surface area (Å²) in [5.74, 6) is -0.363. The van der Waals surface area contributed by atoms with Crippen molar-refractivity contribution in [3.63, 3.8) is 0 Å². The molecule has 0 spiro atoms. The second-order valence-electron chi connectivity index (χ2n) is 4.94. The molecule has 0 unspecified atom stereocenters. The van der Waals surface area contributed by atoms with E-state index < -0.39 is 0 Å². The number of nitrogens with zero attached hydrogens (tertiary/aromatic N) is 1. The quantitative estimate of drug-likeness (QED) is 0.665. The molecule has 4 rings (SSSR count). The second kappa shape index (κ2) is 3.96. The van der Waals surface area contributed by atoms with E-state index in [1.165, 1.54) is 18.1 Å². The summed E-state index contributed by atoms with van der Waals surface area (Å²) in [5.41, 5.74) is 5.63. The van der Waals surface area contributed by atoms with Crippen molar-refractivity contribution in [2.75, 3.05) is 7.11 Å². The molecule has 0 fully saturated rings. The predicted molar refractivity (Wildman–Crippen MR) is 74.6 cm³/mol. The van der Waals surface area contributed by atoms with Crippen molar-refractivity contribution in [1.82, 2.24) is 15.2 Å². The van der Waals surface area contributed by atoms with Crippen molar-refractivity contribution in [1.29, 1.82) is 0 Å². The van der Waals surface area contributed by atoms with Crippen molar-refractivity contribution in [2.24, 2.45) is 0 Å². The van der Waals surface area contributed by atoms with E-state index in [1.54, 1.807) is 0 Å². The highest BCUT2D eigenvalue weighted by molar-refractivity contribution is 5.95. The Morgan fingerprint density at radius 1 is 1.25 bits per heavy atom. The van der Waals surface area contributed by atoms with Crippen molar-refractivity contribution >= 4 is 16.9 Å². The lowest BCUT2D eigenvalue weighted by Gasteiger charge is -2.12. The van der Waals surface area contributed by atoms with Gasteiger partial charge in [0.2, 0.25) is 0 Å². The zero-order valence-corrected chi connectivity index (χ0v) is 11.0. The first-order valence-corrected chi connectivity index (χ1v) is 6.55. The van der Waals surface area contributed by atoms with E-state index in [0.717, 1.165) is 35.3 Å². The van der Waals surface area contributed by atoms with Gasteiger partial charge >= 0.3 is 5.97 Å². The standard InChI is InChI=1S/C15H13N3O2/c1-20-15(19)14-10-7-6-9-8-4-2-3-5-11(8)16-12(9)13(10)17-18-14/h2-5,16H,6-7H2,1H3,(H,17,18). The predicted octanol–water partition coefficient (Wildman–Crippen LogP) is 2.44. The topological polar surface area (TPSA) is 70.8 Å². The molecule has 20 heavy (non-hydrogen) atoms. The van der Waals surface area contributed by atoms with Crippen molar-refractivity contribution in [2.45, 2.75) is 12.8 Å². The molecule has 2 heterocycles. The minimum absolute atomic E-state index is 0.363. The summed E-state index contributed by atoms with van der Waals surface area (Å²) in [6.45, 7) is 0. The molecule has 1 aliphatic carbocycles. The number of hydrogen-bond donors (Lipinski definition) is 2. The largest absolute Gasteiger partial charge is 0.464 e. The van der Waals surface area contributed by atoms with Gasteiger partial charge in [-0.3, -0.25) is 5.10 Å². The number of carbonyl (C=O) groups is 1. The molecule has 5 heteroatoms. The first-order valence-electron chi connectivity index (χ1n) is 6.55. The summed E-state index contributed by atoms with van der Waals surface area (Å²) in [7, 11) is 1.38. The number of aryl methyl sites for hydroxylation is 1. The monoisotopic (exact) mass is 267 g/mol. The fraction of sp³-hybridized carbons (Fsp3) is 0.200. The molecule has 1 aliphatic rings. The summed E-state index contributed by atoms with van der Waals surface area (Å²) < 4.78 is 4.79. The normalized spacial score (nSPS) is 13.1.